The number of hydrazine groups is 1. The lowest BCUT2D eigenvalue weighted by Gasteiger charge is -2.06. The van der Waals surface area contributed by atoms with Crippen LogP contribution in [0.15, 0.2) is 36.4 Å². The zero-order valence-electron chi connectivity index (χ0n) is 14.0. The average Bonchev–Trinajstić information content (AvgIpc) is 3.08. The number of hydrogen-bond donors (Lipinski definition) is 2. The van der Waals surface area contributed by atoms with Gasteiger partial charge in [-0.15, -0.1) is 0 Å². The van der Waals surface area contributed by atoms with Gasteiger partial charge in [-0.2, -0.15) is 0 Å². The number of nitrogens with one attached hydrogen (secondary N) is 2. The highest BCUT2D eigenvalue weighted by Crippen LogP contribution is 2.35. The highest BCUT2D eigenvalue weighted by Gasteiger charge is 2.12. The number of thiazole rings is 1. The van der Waals surface area contributed by atoms with Gasteiger partial charge in [0, 0.05) is 11.6 Å². The van der Waals surface area contributed by atoms with E-state index in [0.717, 1.165) is 4.70 Å². The zero-order chi connectivity index (χ0) is 17.8. The van der Waals surface area contributed by atoms with Gasteiger partial charge in [0.1, 0.15) is 22.8 Å². The van der Waals surface area contributed by atoms with Crippen LogP contribution >= 0.6 is 11.3 Å². The fourth-order valence-corrected chi connectivity index (χ4v) is 3.09. The molecule has 0 aliphatic heterocycles. The van der Waals surface area contributed by atoms with Gasteiger partial charge in [-0.25, -0.2) is 4.98 Å². The third kappa shape index (κ3) is 3.58. The van der Waals surface area contributed by atoms with Crippen LogP contribution in [-0.2, 0) is 0 Å². The second-order valence-electron chi connectivity index (χ2n) is 5.00. The van der Waals surface area contributed by atoms with Crippen LogP contribution in [0, 0.1) is 0 Å². The van der Waals surface area contributed by atoms with Crippen molar-refractivity contribution in [2.24, 2.45) is 0 Å². The number of benzene rings is 2. The summed E-state index contributed by atoms with van der Waals surface area (Å²) in [5, 5.41) is 0.545. The molecule has 0 saturated carbocycles. The number of methoxy groups -OCH3 is 3. The second kappa shape index (κ2) is 7.27. The lowest BCUT2D eigenvalue weighted by Crippen LogP contribution is -2.29. The molecule has 0 saturated heterocycles. The summed E-state index contributed by atoms with van der Waals surface area (Å²) in [5.74, 6) is 1.71. The molecule has 0 aliphatic carbocycles. The van der Waals surface area contributed by atoms with Crippen molar-refractivity contribution in [1.82, 2.24) is 10.4 Å². The number of nitrogens with zero attached hydrogens (tertiary/aromatic N) is 1. The first-order valence-corrected chi connectivity index (χ1v) is 8.19. The van der Waals surface area contributed by atoms with E-state index in [0.29, 0.717) is 33.5 Å². The highest BCUT2D eigenvalue weighted by atomic mass is 32.1. The van der Waals surface area contributed by atoms with E-state index >= 15 is 0 Å². The number of amides is 1. The van der Waals surface area contributed by atoms with Crippen molar-refractivity contribution in [2.45, 2.75) is 0 Å². The van der Waals surface area contributed by atoms with Gasteiger partial charge in [0.05, 0.1) is 26.0 Å². The summed E-state index contributed by atoms with van der Waals surface area (Å²) < 4.78 is 16.5. The van der Waals surface area contributed by atoms with Crippen LogP contribution in [0.1, 0.15) is 10.4 Å². The number of carbonyl (C=O) groups is 1. The van der Waals surface area contributed by atoms with E-state index in [1.54, 1.807) is 51.7 Å². The Bertz CT molecular complexity index is 893. The summed E-state index contributed by atoms with van der Waals surface area (Å²) in [4.78, 5) is 16.6. The van der Waals surface area contributed by atoms with E-state index in [2.05, 4.69) is 15.8 Å². The van der Waals surface area contributed by atoms with Crippen molar-refractivity contribution in [1.29, 1.82) is 0 Å². The summed E-state index contributed by atoms with van der Waals surface area (Å²) in [6.07, 6.45) is 0. The van der Waals surface area contributed by atoms with E-state index in [4.69, 9.17) is 14.2 Å². The SMILES string of the molecule is COc1ccc(C(=O)NNc2nc3c(OC)cc(OC)cc3s2)cc1. The number of fused-ring (bicyclic) bond motifs is 1. The summed E-state index contributed by atoms with van der Waals surface area (Å²) >= 11 is 1.38. The molecule has 7 nitrogen and oxygen atoms in total. The van der Waals surface area contributed by atoms with Crippen LogP contribution < -0.4 is 25.1 Å². The first-order valence-electron chi connectivity index (χ1n) is 7.37. The maximum absolute atomic E-state index is 12.2. The quantitative estimate of drug-likeness (QED) is 0.658. The first kappa shape index (κ1) is 16.8. The van der Waals surface area contributed by atoms with Crippen LogP contribution in [0.2, 0.25) is 0 Å². The van der Waals surface area contributed by atoms with Gasteiger partial charge in [0.2, 0.25) is 5.13 Å². The minimum atomic E-state index is -0.272. The maximum atomic E-state index is 12.2. The van der Waals surface area contributed by atoms with Crippen LogP contribution in [0.3, 0.4) is 0 Å². The number of hydrogen-bond acceptors (Lipinski definition) is 7. The lowest BCUT2D eigenvalue weighted by atomic mass is 10.2. The summed E-state index contributed by atoms with van der Waals surface area (Å²) in [7, 11) is 4.75. The van der Waals surface area contributed by atoms with Crippen molar-refractivity contribution in [3.63, 3.8) is 0 Å². The predicted octanol–water partition coefficient (Wildman–Crippen LogP) is 3.08. The van der Waals surface area contributed by atoms with Crippen LogP contribution in [0.4, 0.5) is 5.13 Å². The molecule has 1 aromatic heterocycles. The van der Waals surface area contributed by atoms with E-state index in [9.17, 15) is 4.79 Å². The fourth-order valence-electron chi connectivity index (χ4n) is 2.23. The van der Waals surface area contributed by atoms with Gasteiger partial charge in [0.25, 0.3) is 5.91 Å². The number of carbonyl (C=O) groups excluding carboxylic acids is 1. The van der Waals surface area contributed by atoms with E-state index in [1.807, 2.05) is 6.07 Å². The smallest absolute Gasteiger partial charge is 0.269 e. The second-order valence-corrected chi connectivity index (χ2v) is 6.03. The van der Waals surface area contributed by atoms with Crippen LogP contribution in [0.5, 0.6) is 17.2 Å². The molecule has 0 unspecified atom stereocenters. The molecule has 8 heteroatoms. The predicted molar refractivity (Wildman–Crippen MR) is 96.8 cm³/mol. The minimum Gasteiger partial charge on any atom is -0.497 e. The maximum Gasteiger partial charge on any atom is 0.269 e. The Morgan fingerprint density at radius 2 is 1.72 bits per heavy atom. The highest BCUT2D eigenvalue weighted by molar-refractivity contribution is 7.22. The molecule has 0 spiro atoms. The van der Waals surface area contributed by atoms with E-state index in [1.165, 1.54) is 11.3 Å². The Labute approximate surface area is 148 Å². The summed E-state index contributed by atoms with van der Waals surface area (Å²) in [5.41, 5.74) is 6.67. The Balaban J connectivity index is 1.75. The molecular formula is C17H17N3O4S. The Morgan fingerprint density at radius 1 is 1.00 bits per heavy atom. The minimum absolute atomic E-state index is 0.272. The van der Waals surface area contributed by atoms with E-state index in [-0.39, 0.29) is 5.91 Å². The third-order valence-electron chi connectivity index (χ3n) is 3.52. The van der Waals surface area contributed by atoms with Crippen molar-refractivity contribution >= 4 is 32.6 Å². The Kier molecular flexibility index (Phi) is 4.90. The van der Waals surface area contributed by atoms with Gasteiger partial charge >= 0.3 is 0 Å². The molecule has 3 rings (SSSR count). The normalized spacial score (nSPS) is 10.4. The van der Waals surface area contributed by atoms with Gasteiger partial charge < -0.3 is 14.2 Å². The van der Waals surface area contributed by atoms with Crippen molar-refractivity contribution < 1.29 is 19.0 Å². The molecule has 0 atom stereocenters. The van der Waals surface area contributed by atoms with Gasteiger partial charge in [-0.1, -0.05) is 11.3 Å². The van der Waals surface area contributed by atoms with Gasteiger partial charge in [0.15, 0.2) is 0 Å². The van der Waals surface area contributed by atoms with Crippen LogP contribution in [-0.4, -0.2) is 32.2 Å². The fraction of sp³-hybridized carbons (Fsp3) is 0.176. The molecule has 0 aliphatic rings. The molecule has 1 heterocycles. The molecule has 3 aromatic rings. The van der Waals surface area contributed by atoms with Crippen LogP contribution in [0.25, 0.3) is 10.2 Å². The average molecular weight is 359 g/mol. The monoisotopic (exact) mass is 359 g/mol. The first-order chi connectivity index (χ1) is 12.1. The molecule has 130 valence electrons. The number of aromatic nitrogens is 1. The van der Waals surface area contributed by atoms with Crippen molar-refractivity contribution in [2.75, 3.05) is 26.8 Å². The largest absolute Gasteiger partial charge is 0.497 e. The summed E-state index contributed by atoms with van der Waals surface area (Å²) in [6.45, 7) is 0. The molecule has 1 amide bonds. The van der Waals surface area contributed by atoms with E-state index < -0.39 is 0 Å². The standard InChI is InChI=1S/C17H17N3O4S/c1-22-11-6-4-10(5-7-11)16(21)19-20-17-18-15-13(24-3)8-12(23-2)9-14(15)25-17/h4-9H,1-3H3,(H,18,20)(H,19,21). The molecule has 25 heavy (non-hydrogen) atoms. The Morgan fingerprint density at radius 3 is 2.36 bits per heavy atom. The van der Waals surface area contributed by atoms with Crippen molar-refractivity contribution in [3.8, 4) is 17.2 Å². The van der Waals surface area contributed by atoms with Gasteiger partial charge in [-0.3, -0.25) is 15.6 Å². The zero-order valence-corrected chi connectivity index (χ0v) is 14.8. The number of rotatable bonds is 6. The molecule has 0 bridgehead atoms. The third-order valence-corrected chi connectivity index (χ3v) is 4.44. The number of ether oxygens (including phenoxy) is 3. The number of anilines is 1. The van der Waals surface area contributed by atoms with Gasteiger partial charge in [-0.05, 0) is 30.3 Å². The topological polar surface area (TPSA) is 81.7 Å². The summed E-state index contributed by atoms with van der Waals surface area (Å²) in [6, 6.07) is 10.4. The lowest BCUT2D eigenvalue weighted by molar-refractivity contribution is 0.0962. The molecule has 0 radical (unpaired) electrons. The Hall–Kier alpha value is -3.00. The molecular weight excluding hydrogens is 342 g/mol. The molecule has 2 N–H and O–H groups in total. The van der Waals surface area contributed by atoms with Crippen molar-refractivity contribution in [3.05, 3.63) is 42.0 Å². The molecule has 0 fully saturated rings. The molecule has 2 aromatic carbocycles.